The van der Waals surface area contributed by atoms with Crippen LogP contribution < -0.4 is 11.1 Å². The van der Waals surface area contributed by atoms with Crippen LogP contribution in [0.1, 0.15) is 47.0 Å². The zero-order valence-electron chi connectivity index (χ0n) is 11.3. The number of hydrogen-bond donors (Lipinski definition) is 2. The van der Waals surface area contributed by atoms with E-state index in [0.29, 0.717) is 5.69 Å². The summed E-state index contributed by atoms with van der Waals surface area (Å²) in [6, 6.07) is 7.64. The number of halogens is 1. The fraction of sp³-hybridized carbons (Fsp3) is 0.286. The van der Waals surface area contributed by atoms with Crippen LogP contribution in [0.25, 0.3) is 0 Å². The van der Waals surface area contributed by atoms with Crippen molar-refractivity contribution in [1.29, 1.82) is 0 Å². The number of thiazole rings is 1. The Labute approximate surface area is 130 Å². The van der Waals surface area contributed by atoms with Crippen LogP contribution in [0.4, 0.5) is 0 Å². The topological polar surface area (TPSA) is 68.0 Å². The van der Waals surface area contributed by atoms with Gasteiger partial charge in [0.05, 0.1) is 12.1 Å². The standard InChI is InChI=1S/C14H16BrN3OS/c1-8(16)14-18-12(7-20-14)13(19)17-9(2)10-3-5-11(15)6-4-10/h3-9H,16H2,1-2H3,(H,17,19)/t8?,9-/m0/s1. The Bertz CT molecular complexity index is 595. The molecular formula is C14H16BrN3OS. The summed E-state index contributed by atoms with van der Waals surface area (Å²) < 4.78 is 1.01. The molecule has 0 bridgehead atoms. The van der Waals surface area contributed by atoms with Crippen LogP contribution >= 0.6 is 27.3 Å². The monoisotopic (exact) mass is 353 g/mol. The molecule has 0 spiro atoms. The number of carbonyl (C=O) groups excluding carboxylic acids is 1. The van der Waals surface area contributed by atoms with Gasteiger partial charge in [-0.05, 0) is 31.5 Å². The highest BCUT2D eigenvalue weighted by molar-refractivity contribution is 9.10. The van der Waals surface area contributed by atoms with E-state index in [2.05, 4.69) is 26.2 Å². The molecule has 2 aromatic rings. The molecule has 1 unspecified atom stereocenters. The summed E-state index contributed by atoms with van der Waals surface area (Å²) in [6.07, 6.45) is 0. The van der Waals surface area contributed by atoms with Crippen molar-refractivity contribution in [1.82, 2.24) is 10.3 Å². The first-order valence-electron chi connectivity index (χ1n) is 6.24. The fourth-order valence-corrected chi connectivity index (χ4v) is 2.73. The second kappa shape index (κ2) is 6.47. The first kappa shape index (κ1) is 15.2. The molecule has 3 N–H and O–H groups in total. The number of carbonyl (C=O) groups is 1. The number of aromatic nitrogens is 1. The third-order valence-electron chi connectivity index (χ3n) is 2.86. The summed E-state index contributed by atoms with van der Waals surface area (Å²) in [5, 5.41) is 5.44. The van der Waals surface area contributed by atoms with E-state index in [9.17, 15) is 4.79 Å². The third-order valence-corrected chi connectivity index (χ3v) is 4.44. The van der Waals surface area contributed by atoms with Crippen LogP contribution in [0.2, 0.25) is 0 Å². The molecule has 6 heteroatoms. The normalized spacial score (nSPS) is 13.8. The van der Waals surface area contributed by atoms with Crippen LogP contribution in [-0.4, -0.2) is 10.9 Å². The number of amides is 1. The van der Waals surface area contributed by atoms with Gasteiger partial charge in [0.1, 0.15) is 10.7 Å². The summed E-state index contributed by atoms with van der Waals surface area (Å²) in [4.78, 5) is 16.4. The van der Waals surface area contributed by atoms with E-state index in [4.69, 9.17) is 5.73 Å². The molecule has 0 saturated heterocycles. The van der Waals surface area contributed by atoms with Gasteiger partial charge in [0.25, 0.3) is 5.91 Å². The van der Waals surface area contributed by atoms with Crippen molar-refractivity contribution >= 4 is 33.2 Å². The van der Waals surface area contributed by atoms with Crippen molar-refractivity contribution in [2.24, 2.45) is 5.73 Å². The Kier molecular flexibility index (Phi) is 4.91. The van der Waals surface area contributed by atoms with Crippen molar-refractivity contribution < 1.29 is 4.79 Å². The SMILES string of the molecule is CC(N)c1nc(C(=O)N[C@@H](C)c2ccc(Br)cc2)cs1. The van der Waals surface area contributed by atoms with Crippen LogP contribution in [0, 0.1) is 0 Å². The second-order valence-electron chi connectivity index (χ2n) is 4.61. The molecule has 0 aliphatic carbocycles. The summed E-state index contributed by atoms with van der Waals surface area (Å²) >= 11 is 4.80. The molecule has 1 amide bonds. The lowest BCUT2D eigenvalue weighted by molar-refractivity contribution is 0.0935. The Morgan fingerprint density at radius 1 is 1.35 bits per heavy atom. The van der Waals surface area contributed by atoms with Crippen LogP contribution in [0.3, 0.4) is 0 Å². The van der Waals surface area contributed by atoms with E-state index in [0.717, 1.165) is 15.0 Å². The van der Waals surface area contributed by atoms with Crippen LogP contribution in [-0.2, 0) is 0 Å². The molecule has 1 aromatic heterocycles. The Morgan fingerprint density at radius 2 is 2.00 bits per heavy atom. The number of nitrogens with zero attached hydrogens (tertiary/aromatic N) is 1. The largest absolute Gasteiger partial charge is 0.344 e. The predicted octanol–water partition coefficient (Wildman–Crippen LogP) is 3.42. The quantitative estimate of drug-likeness (QED) is 0.884. The molecule has 1 heterocycles. The van der Waals surface area contributed by atoms with Crippen molar-refractivity contribution in [2.75, 3.05) is 0 Å². The molecule has 0 fully saturated rings. The molecule has 0 aliphatic rings. The molecule has 2 atom stereocenters. The van der Waals surface area contributed by atoms with E-state index in [1.165, 1.54) is 11.3 Å². The average Bonchev–Trinajstić information content (AvgIpc) is 2.89. The first-order valence-corrected chi connectivity index (χ1v) is 7.92. The summed E-state index contributed by atoms with van der Waals surface area (Å²) in [7, 11) is 0. The zero-order valence-corrected chi connectivity index (χ0v) is 13.7. The maximum absolute atomic E-state index is 12.1. The Balaban J connectivity index is 2.04. The summed E-state index contributed by atoms with van der Waals surface area (Å²) in [5.74, 6) is -0.177. The lowest BCUT2D eigenvalue weighted by Gasteiger charge is -2.13. The highest BCUT2D eigenvalue weighted by atomic mass is 79.9. The van der Waals surface area contributed by atoms with Gasteiger partial charge in [0.15, 0.2) is 0 Å². The number of benzene rings is 1. The van der Waals surface area contributed by atoms with E-state index in [1.54, 1.807) is 5.38 Å². The lowest BCUT2D eigenvalue weighted by atomic mass is 10.1. The average molecular weight is 354 g/mol. The minimum absolute atomic E-state index is 0.0731. The molecule has 0 saturated carbocycles. The number of nitrogens with two attached hydrogens (primary N) is 1. The molecular weight excluding hydrogens is 338 g/mol. The summed E-state index contributed by atoms with van der Waals surface area (Å²) in [6.45, 7) is 3.80. The predicted molar refractivity (Wildman–Crippen MR) is 84.7 cm³/mol. The van der Waals surface area contributed by atoms with Gasteiger partial charge in [0.2, 0.25) is 0 Å². The molecule has 2 rings (SSSR count). The van der Waals surface area contributed by atoms with Gasteiger partial charge in [-0.2, -0.15) is 0 Å². The lowest BCUT2D eigenvalue weighted by Crippen LogP contribution is -2.27. The van der Waals surface area contributed by atoms with Gasteiger partial charge in [0, 0.05) is 9.85 Å². The molecule has 106 valence electrons. The fourth-order valence-electron chi connectivity index (χ4n) is 1.71. The number of rotatable bonds is 4. The van der Waals surface area contributed by atoms with Gasteiger partial charge in [-0.3, -0.25) is 4.79 Å². The zero-order chi connectivity index (χ0) is 14.7. The van der Waals surface area contributed by atoms with Gasteiger partial charge in [-0.1, -0.05) is 28.1 Å². The Morgan fingerprint density at radius 3 is 2.55 bits per heavy atom. The third kappa shape index (κ3) is 3.65. The van der Waals surface area contributed by atoms with Gasteiger partial charge in [-0.15, -0.1) is 11.3 Å². The van der Waals surface area contributed by atoms with Gasteiger partial charge < -0.3 is 11.1 Å². The highest BCUT2D eigenvalue weighted by Gasteiger charge is 2.15. The van der Waals surface area contributed by atoms with E-state index >= 15 is 0 Å². The number of nitrogens with one attached hydrogen (secondary N) is 1. The smallest absolute Gasteiger partial charge is 0.271 e. The van der Waals surface area contributed by atoms with Crippen molar-refractivity contribution in [3.63, 3.8) is 0 Å². The van der Waals surface area contributed by atoms with Gasteiger partial charge in [-0.25, -0.2) is 4.98 Å². The summed E-state index contributed by atoms with van der Waals surface area (Å²) in [5.41, 5.74) is 7.21. The van der Waals surface area contributed by atoms with Crippen LogP contribution in [0.15, 0.2) is 34.1 Å². The maximum Gasteiger partial charge on any atom is 0.271 e. The molecule has 0 aliphatic heterocycles. The first-order chi connectivity index (χ1) is 9.47. The van der Waals surface area contributed by atoms with E-state index < -0.39 is 0 Å². The molecule has 1 aromatic carbocycles. The van der Waals surface area contributed by atoms with Crippen molar-refractivity contribution in [3.8, 4) is 0 Å². The Hall–Kier alpha value is -1.24. The minimum atomic E-state index is -0.177. The maximum atomic E-state index is 12.1. The van der Waals surface area contributed by atoms with Gasteiger partial charge >= 0.3 is 0 Å². The molecule has 0 radical (unpaired) electrons. The minimum Gasteiger partial charge on any atom is -0.344 e. The van der Waals surface area contributed by atoms with Crippen molar-refractivity contribution in [3.05, 3.63) is 50.4 Å². The van der Waals surface area contributed by atoms with E-state index in [-0.39, 0.29) is 18.0 Å². The highest BCUT2D eigenvalue weighted by Crippen LogP contribution is 2.19. The molecule has 4 nitrogen and oxygen atoms in total. The van der Waals surface area contributed by atoms with E-state index in [1.807, 2.05) is 38.1 Å². The van der Waals surface area contributed by atoms with Crippen LogP contribution in [0.5, 0.6) is 0 Å². The molecule has 20 heavy (non-hydrogen) atoms. The second-order valence-corrected chi connectivity index (χ2v) is 6.41. The number of hydrogen-bond acceptors (Lipinski definition) is 4. The van der Waals surface area contributed by atoms with Crippen molar-refractivity contribution in [2.45, 2.75) is 25.9 Å².